The molecule has 0 unspecified atom stereocenters. The van der Waals surface area contributed by atoms with E-state index in [0.29, 0.717) is 5.89 Å². The van der Waals surface area contributed by atoms with Crippen molar-refractivity contribution in [3.63, 3.8) is 0 Å². The van der Waals surface area contributed by atoms with Crippen molar-refractivity contribution < 1.29 is 13.7 Å². The summed E-state index contributed by atoms with van der Waals surface area (Å²) in [7, 11) is -0.539. The van der Waals surface area contributed by atoms with Gasteiger partial charge < -0.3 is 18.3 Å². The second-order valence-corrected chi connectivity index (χ2v) is 11.9. The maximum atomic E-state index is 6.64. The van der Waals surface area contributed by atoms with E-state index in [-0.39, 0.29) is 0 Å². The number of hydrogen-bond donors (Lipinski definition) is 0. The van der Waals surface area contributed by atoms with Crippen LogP contribution in [0.3, 0.4) is 0 Å². The van der Waals surface area contributed by atoms with Gasteiger partial charge in [-0.25, -0.2) is 4.98 Å². The van der Waals surface area contributed by atoms with Crippen molar-refractivity contribution in [1.82, 2.24) is 9.55 Å². The molecule has 5 aromatic carbocycles. The van der Waals surface area contributed by atoms with Crippen LogP contribution in [-0.2, 0) is 9.31 Å². The number of nitrogens with zero attached hydrogens (tertiary/aromatic N) is 2. The number of hydrogen-bond acceptors (Lipinski definition) is 4. The fourth-order valence-corrected chi connectivity index (χ4v) is 6.09. The van der Waals surface area contributed by atoms with Crippen LogP contribution >= 0.6 is 0 Å². The van der Waals surface area contributed by atoms with Crippen molar-refractivity contribution in [1.29, 1.82) is 0 Å². The lowest BCUT2D eigenvalue weighted by Crippen LogP contribution is -2.41. The summed E-state index contributed by atoms with van der Waals surface area (Å²) in [6.07, 6.45) is 0. The van der Waals surface area contributed by atoms with Crippen molar-refractivity contribution >= 4 is 56.3 Å². The fraction of sp³-hybridized carbons (Fsp3) is 0.171. The van der Waals surface area contributed by atoms with Crippen LogP contribution in [0.5, 0.6) is 0 Å². The second-order valence-electron chi connectivity index (χ2n) is 11.9. The maximum Gasteiger partial charge on any atom is 0.495 e. The monoisotopic (exact) mass is 536 g/mol. The van der Waals surface area contributed by atoms with Gasteiger partial charge in [0.15, 0.2) is 5.58 Å². The van der Waals surface area contributed by atoms with Crippen molar-refractivity contribution in [2.45, 2.75) is 38.9 Å². The molecule has 0 saturated carbocycles. The van der Waals surface area contributed by atoms with E-state index in [1.54, 1.807) is 0 Å². The first-order chi connectivity index (χ1) is 19.8. The van der Waals surface area contributed by atoms with Crippen LogP contribution in [0.1, 0.15) is 27.7 Å². The molecule has 0 bridgehead atoms. The van der Waals surface area contributed by atoms with E-state index in [1.165, 1.54) is 0 Å². The molecule has 41 heavy (non-hydrogen) atoms. The molecule has 1 aliphatic heterocycles. The van der Waals surface area contributed by atoms with Gasteiger partial charge in [0.2, 0.25) is 5.89 Å². The Labute approximate surface area is 238 Å². The normalized spacial score (nSPS) is 16.4. The lowest BCUT2D eigenvalue weighted by molar-refractivity contribution is 0.00578. The van der Waals surface area contributed by atoms with E-state index in [9.17, 15) is 0 Å². The molecule has 1 saturated heterocycles. The Kier molecular flexibility index (Phi) is 5.10. The van der Waals surface area contributed by atoms with Crippen LogP contribution in [0, 0.1) is 0 Å². The number of para-hydroxylation sites is 2. The molecule has 0 N–H and O–H groups in total. The highest BCUT2D eigenvalue weighted by atomic mass is 16.7. The van der Waals surface area contributed by atoms with Crippen molar-refractivity contribution in [3.05, 3.63) is 103 Å². The predicted molar refractivity (Wildman–Crippen MR) is 167 cm³/mol. The van der Waals surface area contributed by atoms with Crippen molar-refractivity contribution in [2.24, 2.45) is 0 Å². The molecule has 7 aromatic rings. The Balaban J connectivity index is 1.54. The first-order valence-corrected chi connectivity index (χ1v) is 14.1. The van der Waals surface area contributed by atoms with Crippen LogP contribution in [0.4, 0.5) is 0 Å². The Bertz CT molecular complexity index is 2090. The fourth-order valence-electron chi connectivity index (χ4n) is 6.09. The van der Waals surface area contributed by atoms with Gasteiger partial charge in [-0.15, -0.1) is 0 Å². The zero-order chi connectivity index (χ0) is 27.9. The van der Waals surface area contributed by atoms with E-state index in [4.69, 9.17) is 18.7 Å². The van der Waals surface area contributed by atoms with E-state index in [0.717, 1.165) is 60.4 Å². The molecule has 0 spiro atoms. The minimum absolute atomic E-state index is 0.470. The Morgan fingerprint density at radius 3 is 2.05 bits per heavy atom. The predicted octanol–water partition coefficient (Wildman–Crippen LogP) is 8.04. The molecule has 1 fully saturated rings. The minimum atomic E-state index is -0.539. The number of oxazole rings is 1. The van der Waals surface area contributed by atoms with Gasteiger partial charge >= 0.3 is 7.12 Å². The lowest BCUT2D eigenvalue weighted by Gasteiger charge is -2.32. The molecule has 1 aliphatic rings. The molecular formula is C35H29BN2O3. The number of fused-ring (bicyclic) bond motifs is 7. The van der Waals surface area contributed by atoms with Crippen molar-refractivity contribution in [3.8, 4) is 17.1 Å². The molecule has 2 aromatic heterocycles. The third-order valence-corrected chi connectivity index (χ3v) is 8.86. The standard InChI is InChI=1S/C35H29BN2O3/c1-34(2)35(3,4)41-36(40-34)26-21-29-30(25-17-11-12-18-28(25)38(29)23-15-9-6-10-16-23)31-24(26)19-20-27-32(31)39-33(37-27)22-13-7-5-8-14-22/h5-21H,1-4H3. The molecule has 0 amide bonds. The highest BCUT2D eigenvalue weighted by molar-refractivity contribution is 6.66. The third kappa shape index (κ3) is 3.54. The third-order valence-electron chi connectivity index (χ3n) is 8.86. The van der Waals surface area contributed by atoms with Gasteiger partial charge in [0.1, 0.15) is 5.52 Å². The summed E-state index contributed by atoms with van der Waals surface area (Å²) < 4.78 is 22.2. The first kappa shape index (κ1) is 24.4. The molecule has 6 heteroatoms. The highest BCUT2D eigenvalue weighted by Gasteiger charge is 2.52. The van der Waals surface area contributed by atoms with Gasteiger partial charge in [-0.1, -0.05) is 60.7 Å². The van der Waals surface area contributed by atoms with Crippen LogP contribution in [0.15, 0.2) is 108 Å². The summed E-state index contributed by atoms with van der Waals surface area (Å²) in [5.74, 6) is 0.606. The molecule has 8 rings (SSSR count). The number of aromatic nitrogens is 2. The molecule has 0 aliphatic carbocycles. The summed E-state index contributed by atoms with van der Waals surface area (Å²) >= 11 is 0. The van der Waals surface area contributed by atoms with Gasteiger partial charge in [-0.3, -0.25) is 0 Å². The zero-order valence-electron chi connectivity index (χ0n) is 23.5. The second kappa shape index (κ2) is 8.56. The zero-order valence-corrected chi connectivity index (χ0v) is 23.5. The highest BCUT2D eigenvalue weighted by Crippen LogP contribution is 2.42. The Hall–Kier alpha value is -4.39. The summed E-state index contributed by atoms with van der Waals surface area (Å²) in [4.78, 5) is 4.92. The number of rotatable bonds is 3. The van der Waals surface area contributed by atoms with E-state index < -0.39 is 18.3 Å². The summed E-state index contributed by atoms with van der Waals surface area (Å²) in [6, 6.07) is 35.6. The van der Waals surface area contributed by atoms with E-state index in [1.807, 2.05) is 42.5 Å². The largest absolute Gasteiger partial charge is 0.495 e. The Morgan fingerprint density at radius 2 is 1.32 bits per heavy atom. The summed E-state index contributed by atoms with van der Waals surface area (Å²) in [5.41, 5.74) is 5.85. The summed E-state index contributed by atoms with van der Waals surface area (Å²) in [6.45, 7) is 8.37. The molecular weight excluding hydrogens is 507 g/mol. The van der Waals surface area contributed by atoms with E-state index >= 15 is 0 Å². The average Bonchev–Trinajstić information content (AvgIpc) is 3.62. The average molecular weight is 536 g/mol. The van der Waals surface area contributed by atoms with Crippen LogP contribution in [0.25, 0.3) is 60.8 Å². The van der Waals surface area contributed by atoms with Gasteiger partial charge in [0, 0.05) is 27.4 Å². The van der Waals surface area contributed by atoms with Crippen LogP contribution in [0.2, 0.25) is 0 Å². The SMILES string of the molecule is CC1(C)OB(c2cc3c(c4ccccc4n3-c3ccccc3)c3c2ccc2nc(-c4ccccc4)oc23)OC1(C)C. The quantitative estimate of drug-likeness (QED) is 0.215. The minimum Gasteiger partial charge on any atom is -0.435 e. The Morgan fingerprint density at radius 1 is 0.659 bits per heavy atom. The number of benzene rings is 5. The van der Waals surface area contributed by atoms with Gasteiger partial charge in [0.25, 0.3) is 0 Å². The topological polar surface area (TPSA) is 49.4 Å². The smallest absolute Gasteiger partial charge is 0.435 e. The van der Waals surface area contributed by atoms with Crippen molar-refractivity contribution in [2.75, 3.05) is 0 Å². The molecule has 0 atom stereocenters. The van der Waals surface area contributed by atoms with Gasteiger partial charge in [0.05, 0.1) is 22.2 Å². The molecule has 0 radical (unpaired) electrons. The van der Waals surface area contributed by atoms with E-state index in [2.05, 4.69) is 92.9 Å². The lowest BCUT2D eigenvalue weighted by atomic mass is 9.75. The van der Waals surface area contributed by atoms with Gasteiger partial charge in [-0.2, -0.15) is 0 Å². The van der Waals surface area contributed by atoms with Gasteiger partial charge in [-0.05, 0) is 81.0 Å². The van der Waals surface area contributed by atoms with Crippen LogP contribution in [-0.4, -0.2) is 27.9 Å². The summed E-state index contributed by atoms with van der Waals surface area (Å²) in [5, 5.41) is 4.34. The first-order valence-electron chi connectivity index (χ1n) is 14.1. The maximum absolute atomic E-state index is 6.64. The molecule has 3 heterocycles. The molecule has 200 valence electrons. The van der Waals surface area contributed by atoms with Crippen LogP contribution < -0.4 is 5.46 Å². The molecule has 5 nitrogen and oxygen atoms in total.